The topological polar surface area (TPSA) is 97.0 Å². The standard InChI is InChI=1S/C18H19F3N4O3S/c1-29(26,27)24-16-4-5-18(20,21)7-13(16)11-28-17-3-2-14(6-15(17)19)25-10-12(8-22)9-23-25/h2-3,6,9-10,13,16,24H,4-5,7,11H2,1H3/t13-,16-/m0/s1. The summed E-state index contributed by atoms with van der Waals surface area (Å²) in [6.45, 7) is -0.264. The van der Waals surface area contributed by atoms with Crippen molar-refractivity contribution in [3.8, 4) is 17.5 Å². The number of aromatic nitrogens is 2. The first-order chi connectivity index (χ1) is 13.6. The molecule has 1 aliphatic carbocycles. The third kappa shape index (κ3) is 5.48. The molecule has 1 fully saturated rings. The summed E-state index contributed by atoms with van der Waals surface area (Å²) >= 11 is 0. The van der Waals surface area contributed by atoms with Crippen molar-refractivity contribution in [1.29, 1.82) is 5.26 Å². The lowest BCUT2D eigenvalue weighted by Crippen LogP contribution is -2.48. The van der Waals surface area contributed by atoms with Crippen LogP contribution < -0.4 is 9.46 Å². The lowest BCUT2D eigenvalue weighted by Gasteiger charge is -2.35. The molecular weight excluding hydrogens is 409 g/mol. The van der Waals surface area contributed by atoms with Crippen LogP contribution >= 0.6 is 0 Å². The van der Waals surface area contributed by atoms with Gasteiger partial charge in [-0.25, -0.2) is 31.0 Å². The quantitative estimate of drug-likeness (QED) is 0.763. The number of alkyl halides is 2. The lowest BCUT2D eigenvalue weighted by atomic mass is 9.83. The Morgan fingerprint density at radius 1 is 1.45 bits per heavy atom. The van der Waals surface area contributed by atoms with E-state index in [2.05, 4.69) is 9.82 Å². The van der Waals surface area contributed by atoms with Gasteiger partial charge in [-0.1, -0.05) is 0 Å². The molecule has 156 valence electrons. The van der Waals surface area contributed by atoms with Gasteiger partial charge in [0.25, 0.3) is 0 Å². The predicted octanol–water partition coefficient (Wildman–Crippen LogP) is 2.62. The van der Waals surface area contributed by atoms with Gasteiger partial charge < -0.3 is 4.74 Å². The Morgan fingerprint density at radius 3 is 2.83 bits per heavy atom. The van der Waals surface area contributed by atoms with Gasteiger partial charge in [0.2, 0.25) is 15.9 Å². The second kappa shape index (κ2) is 8.04. The second-order valence-corrected chi connectivity index (χ2v) is 8.85. The Balaban J connectivity index is 1.72. The molecule has 0 radical (unpaired) electrons. The van der Waals surface area contributed by atoms with Gasteiger partial charge in [0.15, 0.2) is 11.6 Å². The molecule has 7 nitrogen and oxygen atoms in total. The van der Waals surface area contributed by atoms with E-state index in [0.717, 1.165) is 12.3 Å². The van der Waals surface area contributed by atoms with Crippen molar-refractivity contribution in [2.75, 3.05) is 12.9 Å². The molecule has 1 aromatic carbocycles. The highest BCUT2D eigenvalue weighted by molar-refractivity contribution is 7.88. The van der Waals surface area contributed by atoms with Crippen LogP contribution in [0, 0.1) is 23.1 Å². The van der Waals surface area contributed by atoms with Crippen LogP contribution in [0.3, 0.4) is 0 Å². The number of hydrogen-bond acceptors (Lipinski definition) is 5. The number of sulfonamides is 1. The number of rotatable bonds is 6. The summed E-state index contributed by atoms with van der Waals surface area (Å²) in [4.78, 5) is 0. The van der Waals surface area contributed by atoms with E-state index in [-0.39, 0.29) is 18.8 Å². The number of hydrogen-bond donors (Lipinski definition) is 1. The van der Waals surface area contributed by atoms with Crippen molar-refractivity contribution in [1.82, 2.24) is 14.5 Å². The number of halogens is 3. The summed E-state index contributed by atoms with van der Waals surface area (Å²) in [5.74, 6) is -4.61. The molecule has 0 amide bonds. The van der Waals surface area contributed by atoms with Gasteiger partial charge in [-0.2, -0.15) is 10.4 Å². The first-order valence-corrected chi connectivity index (χ1v) is 10.7. The molecule has 1 heterocycles. The van der Waals surface area contributed by atoms with Crippen LogP contribution in [-0.2, 0) is 10.0 Å². The highest BCUT2D eigenvalue weighted by Gasteiger charge is 2.42. The summed E-state index contributed by atoms with van der Waals surface area (Å²) in [5.41, 5.74) is 0.672. The van der Waals surface area contributed by atoms with Crippen molar-refractivity contribution in [2.24, 2.45) is 5.92 Å². The van der Waals surface area contributed by atoms with Crippen LogP contribution in [0.1, 0.15) is 24.8 Å². The van der Waals surface area contributed by atoms with E-state index in [1.807, 2.05) is 6.07 Å². The average Bonchev–Trinajstić information content (AvgIpc) is 3.10. The van der Waals surface area contributed by atoms with Crippen molar-refractivity contribution >= 4 is 10.0 Å². The van der Waals surface area contributed by atoms with E-state index in [4.69, 9.17) is 10.00 Å². The highest BCUT2D eigenvalue weighted by Crippen LogP contribution is 2.37. The van der Waals surface area contributed by atoms with Crippen LogP contribution in [0.25, 0.3) is 5.69 Å². The molecule has 29 heavy (non-hydrogen) atoms. The summed E-state index contributed by atoms with van der Waals surface area (Å²) in [7, 11) is -3.58. The van der Waals surface area contributed by atoms with E-state index in [9.17, 15) is 21.6 Å². The summed E-state index contributed by atoms with van der Waals surface area (Å²) in [6.07, 6.45) is 2.72. The van der Waals surface area contributed by atoms with Gasteiger partial charge in [0, 0.05) is 37.1 Å². The fraction of sp³-hybridized carbons (Fsp3) is 0.444. The maximum Gasteiger partial charge on any atom is 0.248 e. The zero-order chi connectivity index (χ0) is 21.2. The Labute approximate surface area is 166 Å². The van der Waals surface area contributed by atoms with Crippen LogP contribution in [0.4, 0.5) is 13.2 Å². The SMILES string of the molecule is CS(=O)(=O)N[C@H]1CCC(F)(F)C[C@H]1COc1ccc(-n2cc(C#N)cn2)cc1F. The molecule has 0 saturated heterocycles. The van der Waals surface area contributed by atoms with Crippen LogP contribution in [0.15, 0.2) is 30.6 Å². The fourth-order valence-electron chi connectivity index (χ4n) is 3.30. The molecule has 2 aromatic rings. The third-order valence-electron chi connectivity index (χ3n) is 4.66. The van der Waals surface area contributed by atoms with Gasteiger partial charge in [-0.3, -0.25) is 0 Å². The van der Waals surface area contributed by atoms with Gasteiger partial charge in [0.05, 0.1) is 30.3 Å². The largest absolute Gasteiger partial charge is 0.490 e. The minimum absolute atomic E-state index is 0.0317. The van der Waals surface area contributed by atoms with Crippen LogP contribution in [0.2, 0.25) is 0 Å². The summed E-state index contributed by atoms with van der Waals surface area (Å²) in [5, 5.41) is 12.8. The first kappa shape index (κ1) is 21.1. The minimum Gasteiger partial charge on any atom is -0.490 e. The Hall–Kier alpha value is -2.58. The fourth-order valence-corrected chi connectivity index (χ4v) is 4.16. The number of nitriles is 1. The highest BCUT2D eigenvalue weighted by atomic mass is 32.2. The zero-order valence-electron chi connectivity index (χ0n) is 15.5. The van der Waals surface area contributed by atoms with E-state index in [0.29, 0.717) is 11.3 Å². The maximum atomic E-state index is 14.4. The summed E-state index contributed by atoms with van der Waals surface area (Å²) < 4.78 is 74.1. The molecule has 1 N–H and O–H groups in total. The van der Waals surface area contributed by atoms with Gasteiger partial charge in [0.1, 0.15) is 6.07 Å². The normalized spacial score (nSPS) is 21.5. The van der Waals surface area contributed by atoms with E-state index in [1.54, 1.807) is 0 Å². The molecule has 11 heteroatoms. The number of benzene rings is 1. The smallest absolute Gasteiger partial charge is 0.248 e. The van der Waals surface area contributed by atoms with Crippen molar-refractivity contribution in [3.63, 3.8) is 0 Å². The van der Waals surface area contributed by atoms with E-state index in [1.165, 1.54) is 29.2 Å². The zero-order valence-corrected chi connectivity index (χ0v) is 16.3. The molecule has 1 saturated carbocycles. The maximum absolute atomic E-state index is 14.4. The van der Waals surface area contributed by atoms with Crippen molar-refractivity contribution in [2.45, 2.75) is 31.2 Å². The molecule has 1 aromatic heterocycles. The van der Waals surface area contributed by atoms with Crippen molar-refractivity contribution < 1.29 is 26.3 Å². The predicted molar refractivity (Wildman–Crippen MR) is 97.8 cm³/mol. The lowest BCUT2D eigenvalue weighted by molar-refractivity contribution is -0.0662. The number of nitrogens with one attached hydrogen (secondary N) is 1. The minimum atomic E-state index is -3.58. The van der Waals surface area contributed by atoms with Gasteiger partial charge >= 0.3 is 0 Å². The molecule has 3 rings (SSSR count). The molecule has 1 aliphatic rings. The molecule has 0 aliphatic heterocycles. The average molecular weight is 428 g/mol. The van der Waals surface area contributed by atoms with E-state index >= 15 is 0 Å². The van der Waals surface area contributed by atoms with E-state index < -0.39 is 46.6 Å². The van der Waals surface area contributed by atoms with Crippen LogP contribution in [0.5, 0.6) is 5.75 Å². The number of nitrogens with zero attached hydrogens (tertiary/aromatic N) is 3. The Bertz CT molecular complexity index is 1030. The third-order valence-corrected chi connectivity index (χ3v) is 5.39. The monoisotopic (exact) mass is 428 g/mol. The van der Waals surface area contributed by atoms with Gasteiger partial charge in [-0.15, -0.1) is 0 Å². The molecular formula is C18H19F3N4O3S. The Morgan fingerprint density at radius 2 is 2.21 bits per heavy atom. The Kier molecular flexibility index (Phi) is 5.86. The molecule has 0 unspecified atom stereocenters. The van der Waals surface area contributed by atoms with Crippen LogP contribution in [-0.4, -0.2) is 43.0 Å². The summed E-state index contributed by atoms with van der Waals surface area (Å²) in [6, 6.07) is 5.19. The van der Waals surface area contributed by atoms with Gasteiger partial charge in [-0.05, 0) is 18.6 Å². The molecule has 2 atom stereocenters. The molecule has 0 bridgehead atoms. The first-order valence-electron chi connectivity index (χ1n) is 8.79. The number of ether oxygens (including phenoxy) is 1. The second-order valence-electron chi connectivity index (χ2n) is 7.07. The molecule has 0 spiro atoms. The van der Waals surface area contributed by atoms with Crippen molar-refractivity contribution in [3.05, 3.63) is 42.0 Å².